The van der Waals surface area contributed by atoms with Crippen LogP contribution in [0.2, 0.25) is 4.34 Å². The lowest BCUT2D eigenvalue weighted by Gasteiger charge is -2.32. The Morgan fingerprint density at radius 2 is 2.09 bits per heavy atom. The number of carbonyl (C=O) groups is 1. The fourth-order valence-corrected chi connectivity index (χ4v) is 4.76. The van der Waals surface area contributed by atoms with Gasteiger partial charge >= 0.3 is 6.03 Å². The second-order valence-electron chi connectivity index (χ2n) is 5.59. The second-order valence-corrected chi connectivity index (χ2v) is 9.64. The molecule has 1 fully saturated rings. The molecule has 0 spiro atoms. The van der Waals surface area contributed by atoms with Crippen LogP contribution in [0.1, 0.15) is 24.6 Å². The first-order valence-electron chi connectivity index (χ1n) is 7.55. The number of sulfonamides is 1. The fraction of sp³-hybridized carbons (Fsp3) is 0.643. The third-order valence-electron chi connectivity index (χ3n) is 3.91. The van der Waals surface area contributed by atoms with Crippen molar-refractivity contribution in [2.75, 3.05) is 25.9 Å². The standard InChI is InChI=1S/C14H22ClN3O3S2/c1-3-23(20,21)18-8-6-11(7-9-18)16-14(19)17(2)10-12-4-5-13(15)22-12/h4-5,11H,3,6-10H2,1-2H3,(H,16,19). The van der Waals surface area contributed by atoms with Gasteiger partial charge in [0.25, 0.3) is 0 Å². The SMILES string of the molecule is CCS(=O)(=O)N1CCC(NC(=O)N(C)Cc2ccc(Cl)s2)CC1. The van der Waals surface area contributed by atoms with Gasteiger partial charge in [0.15, 0.2) is 0 Å². The number of urea groups is 1. The molecule has 0 aromatic carbocycles. The molecule has 130 valence electrons. The zero-order valence-corrected chi connectivity index (χ0v) is 15.7. The lowest BCUT2D eigenvalue weighted by molar-refractivity contribution is 0.195. The molecule has 2 amide bonds. The summed E-state index contributed by atoms with van der Waals surface area (Å²) >= 11 is 7.34. The van der Waals surface area contributed by atoms with Crippen molar-refractivity contribution in [2.45, 2.75) is 32.4 Å². The third kappa shape index (κ3) is 5.07. The zero-order chi connectivity index (χ0) is 17.0. The molecule has 1 aliphatic heterocycles. The maximum Gasteiger partial charge on any atom is 0.317 e. The Morgan fingerprint density at radius 3 is 2.61 bits per heavy atom. The van der Waals surface area contributed by atoms with E-state index in [1.54, 1.807) is 18.9 Å². The minimum Gasteiger partial charge on any atom is -0.335 e. The highest BCUT2D eigenvalue weighted by Crippen LogP contribution is 2.22. The molecule has 1 aromatic heterocycles. The molecule has 6 nitrogen and oxygen atoms in total. The van der Waals surface area contributed by atoms with Crippen LogP contribution in [0.15, 0.2) is 12.1 Å². The molecular weight excluding hydrogens is 358 g/mol. The maximum atomic E-state index is 12.2. The Kier molecular flexibility index (Phi) is 6.30. The van der Waals surface area contributed by atoms with Crippen molar-refractivity contribution >= 4 is 39.0 Å². The highest BCUT2D eigenvalue weighted by molar-refractivity contribution is 7.89. The van der Waals surface area contributed by atoms with Crippen LogP contribution in [-0.2, 0) is 16.6 Å². The van der Waals surface area contributed by atoms with Crippen LogP contribution in [0.25, 0.3) is 0 Å². The van der Waals surface area contributed by atoms with Crippen LogP contribution in [0.5, 0.6) is 0 Å². The van der Waals surface area contributed by atoms with E-state index in [4.69, 9.17) is 11.6 Å². The van der Waals surface area contributed by atoms with Crippen molar-refractivity contribution in [3.63, 3.8) is 0 Å². The van der Waals surface area contributed by atoms with Crippen molar-refractivity contribution in [3.8, 4) is 0 Å². The molecule has 2 rings (SSSR count). The quantitative estimate of drug-likeness (QED) is 0.853. The van der Waals surface area contributed by atoms with E-state index >= 15 is 0 Å². The van der Waals surface area contributed by atoms with Crippen LogP contribution in [0.3, 0.4) is 0 Å². The van der Waals surface area contributed by atoms with E-state index in [2.05, 4.69) is 5.32 Å². The minimum atomic E-state index is -3.13. The number of piperidine rings is 1. The van der Waals surface area contributed by atoms with Crippen LogP contribution in [-0.4, -0.2) is 55.6 Å². The third-order valence-corrected chi connectivity index (χ3v) is 7.01. The summed E-state index contributed by atoms with van der Waals surface area (Å²) < 4.78 is 25.8. The first-order chi connectivity index (χ1) is 10.8. The van der Waals surface area contributed by atoms with Gasteiger partial charge < -0.3 is 10.2 Å². The Labute approximate surface area is 146 Å². The van der Waals surface area contributed by atoms with E-state index < -0.39 is 10.0 Å². The predicted octanol–water partition coefficient (Wildman–Crippen LogP) is 2.36. The predicted molar refractivity (Wildman–Crippen MR) is 93.4 cm³/mol. The minimum absolute atomic E-state index is 0.0141. The van der Waals surface area contributed by atoms with Crippen molar-refractivity contribution in [2.24, 2.45) is 0 Å². The van der Waals surface area contributed by atoms with Crippen LogP contribution >= 0.6 is 22.9 Å². The van der Waals surface area contributed by atoms with E-state index in [1.807, 2.05) is 12.1 Å². The van der Waals surface area contributed by atoms with E-state index in [9.17, 15) is 13.2 Å². The summed E-state index contributed by atoms with van der Waals surface area (Å²) in [5.74, 6) is 0.121. The summed E-state index contributed by atoms with van der Waals surface area (Å²) in [6, 6.07) is 3.59. The normalized spacial score (nSPS) is 17.2. The summed E-state index contributed by atoms with van der Waals surface area (Å²) in [5.41, 5.74) is 0. The van der Waals surface area contributed by atoms with Crippen LogP contribution < -0.4 is 5.32 Å². The zero-order valence-electron chi connectivity index (χ0n) is 13.3. The Hall–Kier alpha value is -0.830. The highest BCUT2D eigenvalue weighted by atomic mass is 35.5. The van der Waals surface area contributed by atoms with Gasteiger partial charge in [-0.2, -0.15) is 0 Å². The van der Waals surface area contributed by atoms with Gasteiger partial charge in [-0.25, -0.2) is 17.5 Å². The molecule has 1 aromatic rings. The Balaban J connectivity index is 1.80. The number of amides is 2. The molecule has 2 heterocycles. The Morgan fingerprint density at radius 1 is 1.43 bits per heavy atom. The topological polar surface area (TPSA) is 69.7 Å². The van der Waals surface area contributed by atoms with Gasteiger partial charge in [-0.05, 0) is 31.9 Å². The molecule has 9 heteroatoms. The van der Waals surface area contributed by atoms with Gasteiger partial charge in [-0.15, -0.1) is 11.3 Å². The number of halogens is 1. The highest BCUT2D eigenvalue weighted by Gasteiger charge is 2.27. The molecule has 1 saturated heterocycles. The van der Waals surface area contributed by atoms with Gasteiger partial charge in [0.1, 0.15) is 0 Å². The second kappa shape index (κ2) is 7.83. The number of nitrogens with zero attached hydrogens (tertiary/aromatic N) is 2. The van der Waals surface area contributed by atoms with E-state index in [1.165, 1.54) is 15.6 Å². The monoisotopic (exact) mass is 379 g/mol. The largest absolute Gasteiger partial charge is 0.335 e. The summed E-state index contributed by atoms with van der Waals surface area (Å²) in [5, 5.41) is 2.97. The molecule has 1 N–H and O–H groups in total. The van der Waals surface area contributed by atoms with Gasteiger partial charge in [-0.1, -0.05) is 11.6 Å². The summed E-state index contributed by atoms with van der Waals surface area (Å²) in [7, 11) is -1.39. The van der Waals surface area contributed by atoms with Gasteiger partial charge in [0, 0.05) is 31.1 Å². The van der Waals surface area contributed by atoms with Crippen LogP contribution in [0, 0.1) is 0 Å². The molecule has 0 saturated carbocycles. The number of thiophene rings is 1. The van der Waals surface area contributed by atoms with Crippen molar-refractivity contribution in [3.05, 3.63) is 21.3 Å². The summed E-state index contributed by atoms with van der Waals surface area (Å²) in [6.45, 7) is 3.08. The number of carbonyl (C=O) groups excluding carboxylic acids is 1. The molecule has 0 aliphatic carbocycles. The van der Waals surface area contributed by atoms with Crippen molar-refractivity contribution in [1.82, 2.24) is 14.5 Å². The molecule has 23 heavy (non-hydrogen) atoms. The molecule has 0 radical (unpaired) electrons. The molecular formula is C14H22ClN3O3S2. The fourth-order valence-electron chi connectivity index (χ4n) is 2.49. The smallest absolute Gasteiger partial charge is 0.317 e. The van der Waals surface area contributed by atoms with E-state index in [0.717, 1.165) is 4.88 Å². The first kappa shape index (κ1) is 18.5. The summed E-state index contributed by atoms with van der Waals surface area (Å²) in [6.07, 6.45) is 1.29. The lowest BCUT2D eigenvalue weighted by Crippen LogP contribution is -2.49. The molecule has 0 bridgehead atoms. The number of hydrogen-bond donors (Lipinski definition) is 1. The van der Waals surface area contributed by atoms with Crippen molar-refractivity contribution < 1.29 is 13.2 Å². The van der Waals surface area contributed by atoms with Gasteiger partial charge in [0.2, 0.25) is 10.0 Å². The number of nitrogens with one attached hydrogen (secondary N) is 1. The summed E-state index contributed by atoms with van der Waals surface area (Å²) in [4.78, 5) is 14.8. The number of rotatable bonds is 5. The number of hydrogen-bond acceptors (Lipinski definition) is 4. The van der Waals surface area contributed by atoms with E-state index in [0.29, 0.717) is 36.8 Å². The van der Waals surface area contributed by atoms with Gasteiger partial charge in [-0.3, -0.25) is 0 Å². The maximum absolute atomic E-state index is 12.2. The molecule has 0 atom stereocenters. The first-order valence-corrected chi connectivity index (χ1v) is 10.4. The van der Waals surface area contributed by atoms with Crippen molar-refractivity contribution in [1.29, 1.82) is 0 Å². The molecule has 0 unspecified atom stereocenters. The average molecular weight is 380 g/mol. The van der Waals surface area contributed by atoms with Crippen LogP contribution in [0.4, 0.5) is 4.79 Å². The average Bonchev–Trinajstić information content (AvgIpc) is 2.92. The molecule has 1 aliphatic rings. The Bertz CT molecular complexity index is 639. The van der Waals surface area contributed by atoms with E-state index in [-0.39, 0.29) is 17.8 Å². The lowest BCUT2D eigenvalue weighted by atomic mass is 10.1. The van der Waals surface area contributed by atoms with Gasteiger partial charge in [0.05, 0.1) is 16.6 Å².